The molecule has 1 aliphatic rings. The Morgan fingerprint density at radius 2 is 2.00 bits per heavy atom. The maximum absolute atomic E-state index is 12.3. The number of pyridine rings is 1. The van der Waals surface area contributed by atoms with Crippen molar-refractivity contribution in [3.05, 3.63) is 34.2 Å². The normalized spacial score (nSPS) is 17.2. The molecule has 6 heteroatoms. The van der Waals surface area contributed by atoms with Crippen LogP contribution in [0.5, 0.6) is 0 Å². The van der Waals surface area contributed by atoms with Gasteiger partial charge in [-0.1, -0.05) is 0 Å². The maximum Gasteiger partial charge on any atom is 0.259 e. The second kappa shape index (κ2) is 5.76. The van der Waals surface area contributed by atoms with Gasteiger partial charge >= 0.3 is 0 Å². The van der Waals surface area contributed by atoms with Crippen LogP contribution in [0.3, 0.4) is 0 Å². The van der Waals surface area contributed by atoms with Gasteiger partial charge in [0.15, 0.2) is 5.43 Å². The zero-order chi connectivity index (χ0) is 14.8. The molecule has 20 heavy (non-hydrogen) atoms. The third kappa shape index (κ3) is 3.68. The van der Waals surface area contributed by atoms with Gasteiger partial charge in [0.05, 0.1) is 5.60 Å². The quantitative estimate of drug-likeness (QED) is 0.810. The zero-order valence-electron chi connectivity index (χ0n) is 11.9. The van der Waals surface area contributed by atoms with Crippen LogP contribution < -0.4 is 5.43 Å². The number of nitrogens with one attached hydrogen (secondary N) is 1. The van der Waals surface area contributed by atoms with Crippen LogP contribution in [0.2, 0.25) is 0 Å². The number of nitrogens with zero attached hydrogens (tertiary/aromatic N) is 2. The van der Waals surface area contributed by atoms with Gasteiger partial charge in [0, 0.05) is 51.2 Å². The lowest BCUT2D eigenvalue weighted by Gasteiger charge is -2.37. The number of hydrogen-bond acceptors (Lipinski definition) is 4. The molecule has 0 bridgehead atoms. The molecule has 2 heterocycles. The number of carbonyl (C=O) groups is 1. The minimum Gasteiger partial charge on any atom is -0.389 e. The van der Waals surface area contributed by atoms with Crippen molar-refractivity contribution in [2.24, 2.45) is 0 Å². The van der Waals surface area contributed by atoms with Gasteiger partial charge < -0.3 is 15.0 Å². The summed E-state index contributed by atoms with van der Waals surface area (Å²) in [5.41, 5.74) is -0.806. The molecule has 0 aliphatic carbocycles. The second-order valence-electron chi connectivity index (χ2n) is 5.80. The second-order valence-corrected chi connectivity index (χ2v) is 5.80. The molecule has 6 nitrogen and oxygen atoms in total. The number of amides is 1. The Bertz CT molecular complexity index is 525. The number of aliphatic hydroxyl groups is 1. The lowest BCUT2D eigenvalue weighted by molar-refractivity contribution is 0.0178. The van der Waals surface area contributed by atoms with Gasteiger partial charge in [-0.2, -0.15) is 0 Å². The Kier molecular flexibility index (Phi) is 4.25. The number of β-amino-alcohol motifs (C(OH)–C–C–N with tert-alkyl or cyclic N) is 1. The van der Waals surface area contributed by atoms with E-state index in [1.165, 1.54) is 18.5 Å². The molecule has 110 valence electrons. The van der Waals surface area contributed by atoms with E-state index in [9.17, 15) is 14.7 Å². The summed E-state index contributed by atoms with van der Waals surface area (Å²) in [7, 11) is 0. The topological polar surface area (TPSA) is 76.6 Å². The van der Waals surface area contributed by atoms with Crippen molar-refractivity contribution in [2.45, 2.75) is 19.4 Å². The average molecular weight is 279 g/mol. The van der Waals surface area contributed by atoms with E-state index in [1.807, 2.05) is 0 Å². The van der Waals surface area contributed by atoms with E-state index < -0.39 is 5.60 Å². The fraction of sp³-hybridized carbons (Fsp3) is 0.571. The average Bonchev–Trinajstić information content (AvgIpc) is 2.37. The maximum atomic E-state index is 12.3. The first-order valence-electron chi connectivity index (χ1n) is 6.78. The number of hydrogen-bond donors (Lipinski definition) is 2. The first-order valence-corrected chi connectivity index (χ1v) is 6.78. The van der Waals surface area contributed by atoms with Crippen molar-refractivity contribution in [3.63, 3.8) is 0 Å². The molecular formula is C14H21N3O3. The van der Waals surface area contributed by atoms with Crippen LogP contribution in [0.4, 0.5) is 0 Å². The highest BCUT2D eigenvalue weighted by Crippen LogP contribution is 2.10. The number of carbonyl (C=O) groups excluding carboxylic acids is 1. The van der Waals surface area contributed by atoms with Crippen molar-refractivity contribution in [1.29, 1.82) is 0 Å². The van der Waals surface area contributed by atoms with E-state index in [0.29, 0.717) is 32.7 Å². The van der Waals surface area contributed by atoms with Crippen LogP contribution in [-0.2, 0) is 0 Å². The van der Waals surface area contributed by atoms with Crippen LogP contribution in [-0.4, -0.2) is 64.1 Å². The van der Waals surface area contributed by atoms with Gasteiger partial charge in [-0.25, -0.2) is 0 Å². The van der Waals surface area contributed by atoms with Crippen molar-refractivity contribution in [3.8, 4) is 0 Å². The monoisotopic (exact) mass is 279 g/mol. The van der Waals surface area contributed by atoms with Crippen LogP contribution in [0, 0.1) is 0 Å². The summed E-state index contributed by atoms with van der Waals surface area (Å²) in [6.07, 6.45) is 2.97. The standard InChI is InChI=1S/C14H21N3O3/c1-14(2,20)10-16-5-7-17(8-6-16)13(19)11-9-15-4-3-12(11)18/h3-4,9,20H,5-8,10H2,1-2H3,(H,15,18). The van der Waals surface area contributed by atoms with Crippen LogP contribution in [0.15, 0.2) is 23.3 Å². The summed E-state index contributed by atoms with van der Waals surface area (Å²) >= 11 is 0. The molecule has 0 unspecified atom stereocenters. The lowest BCUT2D eigenvalue weighted by Crippen LogP contribution is -2.52. The SMILES string of the molecule is CC(C)(O)CN1CCN(C(=O)c2c[nH]ccc2=O)CC1. The predicted octanol–water partition coefficient (Wildman–Crippen LogP) is -0.0964. The number of H-pyrrole nitrogens is 1. The van der Waals surface area contributed by atoms with Crippen molar-refractivity contribution in [1.82, 2.24) is 14.8 Å². The number of aromatic amines is 1. The fourth-order valence-electron chi connectivity index (χ4n) is 2.41. The first-order chi connectivity index (χ1) is 9.37. The minimum atomic E-state index is -0.733. The van der Waals surface area contributed by atoms with Gasteiger partial charge in [0.25, 0.3) is 5.91 Å². The van der Waals surface area contributed by atoms with Crippen LogP contribution >= 0.6 is 0 Å². The first kappa shape index (κ1) is 14.7. The summed E-state index contributed by atoms with van der Waals surface area (Å²) in [5.74, 6) is -0.227. The molecule has 0 spiro atoms. The van der Waals surface area contributed by atoms with Gasteiger partial charge in [0.1, 0.15) is 5.56 Å². The third-order valence-corrected chi connectivity index (χ3v) is 3.32. The third-order valence-electron chi connectivity index (χ3n) is 3.32. The molecule has 2 rings (SSSR count). The molecule has 0 aromatic carbocycles. The molecule has 0 saturated carbocycles. The Morgan fingerprint density at radius 3 is 2.55 bits per heavy atom. The van der Waals surface area contributed by atoms with Gasteiger partial charge in [-0.15, -0.1) is 0 Å². The zero-order valence-corrected chi connectivity index (χ0v) is 11.9. The van der Waals surface area contributed by atoms with E-state index in [2.05, 4.69) is 9.88 Å². The highest BCUT2D eigenvalue weighted by molar-refractivity contribution is 5.93. The molecule has 1 fully saturated rings. The molecule has 0 radical (unpaired) electrons. The Morgan fingerprint density at radius 1 is 1.35 bits per heavy atom. The van der Waals surface area contributed by atoms with Crippen LogP contribution in [0.25, 0.3) is 0 Å². The molecule has 2 N–H and O–H groups in total. The van der Waals surface area contributed by atoms with Crippen molar-refractivity contribution < 1.29 is 9.90 Å². The Hall–Kier alpha value is -1.66. The summed E-state index contributed by atoms with van der Waals surface area (Å²) in [4.78, 5) is 30.5. The Balaban J connectivity index is 1.96. The molecule has 1 aliphatic heterocycles. The largest absolute Gasteiger partial charge is 0.389 e. The fourth-order valence-corrected chi connectivity index (χ4v) is 2.41. The van der Waals surface area contributed by atoms with E-state index in [0.717, 1.165) is 0 Å². The molecule has 0 atom stereocenters. The molecule has 1 saturated heterocycles. The van der Waals surface area contributed by atoms with E-state index in [1.54, 1.807) is 18.7 Å². The summed E-state index contributed by atoms with van der Waals surface area (Å²) < 4.78 is 0. The van der Waals surface area contributed by atoms with Crippen LogP contribution in [0.1, 0.15) is 24.2 Å². The summed E-state index contributed by atoms with van der Waals surface area (Å²) in [6, 6.07) is 1.36. The molecule has 1 aromatic heterocycles. The van der Waals surface area contributed by atoms with E-state index >= 15 is 0 Å². The van der Waals surface area contributed by atoms with Crippen molar-refractivity contribution >= 4 is 5.91 Å². The smallest absolute Gasteiger partial charge is 0.259 e. The highest BCUT2D eigenvalue weighted by Gasteiger charge is 2.26. The minimum absolute atomic E-state index is 0.184. The molecular weight excluding hydrogens is 258 g/mol. The lowest BCUT2D eigenvalue weighted by atomic mass is 10.1. The van der Waals surface area contributed by atoms with Gasteiger partial charge in [-0.05, 0) is 13.8 Å². The van der Waals surface area contributed by atoms with Gasteiger partial charge in [-0.3, -0.25) is 14.5 Å². The number of piperazine rings is 1. The van der Waals surface area contributed by atoms with E-state index in [4.69, 9.17) is 0 Å². The summed E-state index contributed by atoms with van der Waals surface area (Å²) in [5, 5.41) is 9.79. The molecule has 1 aromatic rings. The number of aromatic nitrogens is 1. The number of rotatable bonds is 3. The molecule has 1 amide bonds. The predicted molar refractivity (Wildman–Crippen MR) is 75.7 cm³/mol. The van der Waals surface area contributed by atoms with Gasteiger partial charge in [0.2, 0.25) is 0 Å². The van der Waals surface area contributed by atoms with Crippen molar-refractivity contribution in [2.75, 3.05) is 32.7 Å². The highest BCUT2D eigenvalue weighted by atomic mass is 16.3. The Labute approximate surface area is 118 Å². The summed E-state index contributed by atoms with van der Waals surface area (Å²) in [6.45, 7) is 6.69. The van der Waals surface area contributed by atoms with E-state index in [-0.39, 0.29) is 16.9 Å².